The number of nitrogens with zero attached hydrogens (tertiary/aromatic N) is 3. The maximum atomic E-state index is 13.7. The van der Waals surface area contributed by atoms with Gasteiger partial charge in [-0.05, 0) is 56.5 Å². The molecule has 0 saturated heterocycles. The number of carbonyl (C=O) groups excluding carboxylic acids is 2. The van der Waals surface area contributed by atoms with Crippen LogP contribution in [0.3, 0.4) is 0 Å². The zero-order valence-corrected chi connectivity index (χ0v) is 23.0. The number of nitrogens with one attached hydrogen (secondary N) is 1. The van der Waals surface area contributed by atoms with Gasteiger partial charge in [-0.2, -0.15) is 0 Å². The first-order valence-electron chi connectivity index (χ1n) is 11.6. The molecule has 0 spiro atoms. The van der Waals surface area contributed by atoms with Crippen LogP contribution in [0.5, 0.6) is 0 Å². The van der Waals surface area contributed by atoms with Crippen LogP contribution >= 0.6 is 22.9 Å². The molecule has 192 valence electrons. The maximum Gasteiger partial charge on any atom is 0.337 e. The van der Waals surface area contributed by atoms with E-state index in [2.05, 4.69) is 5.32 Å². The van der Waals surface area contributed by atoms with E-state index in [1.807, 2.05) is 32.9 Å². The fraction of sp³-hybridized carbons (Fsp3) is 0.259. The van der Waals surface area contributed by atoms with Crippen molar-refractivity contribution in [1.82, 2.24) is 14.0 Å². The Balaban J connectivity index is 1.95. The first-order valence-corrected chi connectivity index (χ1v) is 12.7. The number of thiophene rings is 1. The molecular weight excluding hydrogens is 512 g/mol. The number of fused-ring (bicyclic) bond motifs is 1. The quantitative estimate of drug-likeness (QED) is 0.406. The summed E-state index contributed by atoms with van der Waals surface area (Å²) in [5.74, 6) is -0.730. The number of amides is 2. The number of aryl methyl sites for hydroxylation is 4. The molecule has 10 heteroatoms. The third-order valence-corrected chi connectivity index (χ3v) is 7.77. The Labute approximate surface area is 222 Å². The summed E-state index contributed by atoms with van der Waals surface area (Å²) in [5.41, 5.74) is 2.88. The highest BCUT2D eigenvalue weighted by Gasteiger charge is 2.26. The Hall–Kier alpha value is -3.69. The molecule has 0 saturated carbocycles. The molecule has 0 fully saturated rings. The molecule has 0 aliphatic carbocycles. The lowest BCUT2D eigenvalue weighted by atomic mass is 10.1. The predicted molar refractivity (Wildman–Crippen MR) is 149 cm³/mol. The number of aromatic nitrogens is 2. The second kappa shape index (κ2) is 9.99. The minimum Gasteiger partial charge on any atom is -0.344 e. The van der Waals surface area contributed by atoms with Crippen LogP contribution in [0.2, 0.25) is 5.02 Å². The number of benzene rings is 2. The topological polar surface area (TPSA) is 93.4 Å². The lowest BCUT2D eigenvalue weighted by Crippen LogP contribution is -2.40. The molecule has 0 aliphatic heterocycles. The van der Waals surface area contributed by atoms with Gasteiger partial charge in [0.15, 0.2) is 0 Å². The average molecular weight is 539 g/mol. The summed E-state index contributed by atoms with van der Waals surface area (Å²) in [5, 5.41) is 3.32. The molecule has 4 rings (SSSR count). The van der Waals surface area contributed by atoms with Gasteiger partial charge in [-0.15, -0.1) is 11.3 Å². The summed E-state index contributed by atoms with van der Waals surface area (Å²) in [4.78, 5) is 55.5. The molecule has 0 atom stereocenters. The largest absolute Gasteiger partial charge is 0.344 e. The van der Waals surface area contributed by atoms with Crippen LogP contribution in [-0.4, -0.2) is 39.9 Å². The van der Waals surface area contributed by atoms with Crippen LogP contribution in [-0.2, 0) is 11.3 Å². The first kappa shape index (κ1) is 26.4. The van der Waals surface area contributed by atoms with Crippen molar-refractivity contribution in [1.29, 1.82) is 0 Å². The van der Waals surface area contributed by atoms with Gasteiger partial charge >= 0.3 is 5.69 Å². The molecule has 0 aliphatic rings. The van der Waals surface area contributed by atoms with Crippen molar-refractivity contribution in [3.05, 3.63) is 89.4 Å². The molecule has 4 aromatic rings. The van der Waals surface area contributed by atoms with Crippen LogP contribution in [0.4, 0.5) is 5.69 Å². The Kier molecular flexibility index (Phi) is 7.12. The minimum absolute atomic E-state index is 0.199. The summed E-state index contributed by atoms with van der Waals surface area (Å²) < 4.78 is 2.20. The summed E-state index contributed by atoms with van der Waals surface area (Å²) in [6.45, 7) is 7.09. The Morgan fingerprint density at radius 1 is 1.03 bits per heavy atom. The van der Waals surface area contributed by atoms with Crippen molar-refractivity contribution in [2.45, 2.75) is 34.2 Å². The van der Waals surface area contributed by atoms with E-state index in [0.717, 1.165) is 32.6 Å². The molecule has 2 amide bonds. The van der Waals surface area contributed by atoms with Crippen molar-refractivity contribution in [3.63, 3.8) is 0 Å². The van der Waals surface area contributed by atoms with Gasteiger partial charge in [0, 0.05) is 19.8 Å². The molecular formula is C27H27ClN4O4S. The fourth-order valence-corrected chi connectivity index (χ4v) is 5.97. The number of hydrogen-bond donors (Lipinski definition) is 1. The second-order valence-electron chi connectivity index (χ2n) is 9.22. The number of hydrogen-bond acceptors (Lipinski definition) is 5. The minimum atomic E-state index is -0.719. The number of halogens is 1. The van der Waals surface area contributed by atoms with Crippen molar-refractivity contribution >= 4 is 50.7 Å². The van der Waals surface area contributed by atoms with E-state index in [9.17, 15) is 19.2 Å². The standard InChI is InChI=1S/C27H27ClN4O4S/c1-14-11-15(2)22(16(3)12-14)29-20(33)13-31-26-21(17(4)23(37-26)25(35)30(5)6)24(34)32(27(31)36)19-10-8-7-9-18(19)28/h7-12H,13H2,1-6H3,(H,29,33). The smallest absolute Gasteiger partial charge is 0.337 e. The van der Waals surface area contributed by atoms with Crippen molar-refractivity contribution in [2.75, 3.05) is 19.4 Å². The highest BCUT2D eigenvalue weighted by molar-refractivity contribution is 7.20. The summed E-state index contributed by atoms with van der Waals surface area (Å²) in [6.07, 6.45) is 0. The van der Waals surface area contributed by atoms with Gasteiger partial charge in [0.1, 0.15) is 11.4 Å². The molecule has 0 radical (unpaired) electrons. The maximum absolute atomic E-state index is 13.7. The molecule has 1 N–H and O–H groups in total. The van der Waals surface area contributed by atoms with E-state index in [1.165, 1.54) is 9.47 Å². The van der Waals surface area contributed by atoms with E-state index in [0.29, 0.717) is 16.1 Å². The number of carbonyl (C=O) groups is 2. The van der Waals surface area contributed by atoms with Crippen LogP contribution in [0, 0.1) is 27.7 Å². The van der Waals surface area contributed by atoms with E-state index in [4.69, 9.17) is 11.6 Å². The Bertz CT molecular complexity index is 1670. The first-order chi connectivity index (χ1) is 17.4. The van der Waals surface area contributed by atoms with Gasteiger partial charge in [-0.25, -0.2) is 9.36 Å². The zero-order chi connectivity index (χ0) is 27.2. The molecule has 2 aromatic carbocycles. The number of anilines is 1. The van der Waals surface area contributed by atoms with Gasteiger partial charge in [-0.3, -0.25) is 19.0 Å². The highest BCUT2D eigenvalue weighted by atomic mass is 35.5. The van der Waals surface area contributed by atoms with E-state index < -0.39 is 17.2 Å². The van der Waals surface area contributed by atoms with Crippen LogP contribution in [0.15, 0.2) is 46.0 Å². The molecule has 2 aromatic heterocycles. The average Bonchev–Trinajstić information content (AvgIpc) is 3.16. The van der Waals surface area contributed by atoms with Gasteiger partial charge in [0.2, 0.25) is 5.91 Å². The Morgan fingerprint density at radius 3 is 2.24 bits per heavy atom. The van der Waals surface area contributed by atoms with Crippen LogP contribution in [0.1, 0.15) is 31.9 Å². The molecule has 0 unspecified atom stereocenters. The predicted octanol–water partition coefficient (Wildman–Crippen LogP) is 4.44. The fourth-order valence-electron chi connectivity index (χ4n) is 4.44. The molecule has 37 heavy (non-hydrogen) atoms. The van der Waals surface area contributed by atoms with E-state index in [1.54, 1.807) is 45.3 Å². The zero-order valence-electron chi connectivity index (χ0n) is 21.4. The SMILES string of the molecule is Cc1cc(C)c(NC(=O)Cn2c(=O)n(-c3ccccc3Cl)c(=O)c3c(C)c(C(=O)N(C)C)sc32)c(C)c1. The van der Waals surface area contributed by atoms with E-state index >= 15 is 0 Å². The van der Waals surface area contributed by atoms with Gasteiger partial charge < -0.3 is 10.2 Å². The van der Waals surface area contributed by atoms with Crippen LogP contribution < -0.4 is 16.6 Å². The lowest BCUT2D eigenvalue weighted by Gasteiger charge is -2.15. The van der Waals surface area contributed by atoms with Crippen molar-refractivity contribution in [3.8, 4) is 5.69 Å². The van der Waals surface area contributed by atoms with Crippen molar-refractivity contribution in [2.24, 2.45) is 0 Å². The number of rotatable bonds is 5. The molecule has 8 nitrogen and oxygen atoms in total. The molecule has 0 bridgehead atoms. The number of para-hydroxylation sites is 1. The summed E-state index contributed by atoms with van der Waals surface area (Å²) in [6, 6.07) is 10.4. The summed E-state index contributed by atoms with van der Waals surface area (Å²) in [7, 11) is 3.22. The lowest BCUT2D eigenvalue weighted by molar-refractivity contribution is -0.116. The summed E-state index contributed by atoms with van der Waals surface area (Å²) >= 11 is 7.38. The second-order valence-corrected chi connectivity index (χ2v) is 10.6. The monoisotopic (exact) mass is 538 g/mol. The third-order valence-electron chi connectivity index (χ3n) is 6.15. The normalized spacial score (nSPS) is 11.1. The Morgan fingerprint density at radius 2 is 1.65 bits per heavy atom. The van der Waals surface area contributed by atoms with Gasteiger partial charge in [0.25, 0.3) is 11.5 Å². The van der Waals surface area contributed by atoms with Gasteiger partial charge in [-0.1, -0.05) is 41.4 Å². The molecule has 2 heterocycles. The third kappa shape index (κ3) is 4.72. The van der Waals surface area contributed by atoms with E-state index in [-0.39, 0.29) is 33.4 Å². The van der Waals surface area contributed by atoms with Gasteiger partial charge in [0.05, 0.1) is 21.0 Å². The highest BCUT2D eigenvalue weighted by Crippen LogP contribution is 2.30. The van der Waals surface area contributed by atoms with Crippen molar-refractivity contribution < 1.29 is 9.59 Å². The van der Waals surface area contributed by atoms with Crippen LogP contribution in [0.25, 0.3) is 15.9 Å².